The largest absolute Gasteiger partial charge is 0.353 e. The van der Waals surface area contributed by atoms with Crippen molar-refractivity contribution in [3.63, 3.8) is 0 Å². The molecule has 2 aliphatic rings. The summed E-state index contributed by atoms with van der Waals surface area (Å²) in [5, 5.41) is 3.21. The van der Waals surface area contributed by atoms with E-state index in [1.165, 1.54) is 25.7 Å². The maximum atomic E-state index is 12.1. The van der Waals surface area contributed by atoms with Gasteiger partial charge >= 0.3 is 0 Å². The summed E-state index contributed by atoms with van der Waals surface area (Å²) in [5.41, 5.74) is 0.353. The van der Waals surface area contributed by atoms with Gasteiger partial charge in [0.05, 0.1) is 0 Å². The van der Waals surface area contributed by atoms with Gasteiger partial charge in [0.1, 0.15) is 0 Å². The zero-order valence-corrected chi connectivity index (χ0v) is 10.4. The Balaban J connectivity index is 1.93. The molecule has 2 rings (SSSR count). The number of hydrogen-bond acceptors (Lipinski definition) is 1. The number of hydrogen-bond donors (Lipinski definition) is 1. The van der Waals surface area contributed by atoms with Gasteiger partial charge in [0, 0.05) is 12.0 Å². The molecule has 15 heavy (non-hydrogen) atoms. The van der Waals surface area contributed by atoms with Crippen LogP contribution in [0.15, 0.2) is 0 Å². The molecule has 0 heterocycles. The van der Waals surface area contributed by atoms with E-state index in [-0.39, 0.29) is 22.7 Å². The molecule has 0 aromatic heterocycles. The maximum Gasteiger partial charge on any atom is 0.224 e. The molecule has 86 valence electrons. The second-order valence-corrected chi connectivity index (χ2v) is 6.37. The third-order valence-corrected chi connectivity index (χ3v) is 4.98. The first-order valence-electron chi connectivity index (χ1n) is 6.18. The molecular weight excluding hydrogens is 186 g/mol. The molecule has 2 aliphatic carbocycles. The molecule has 0 spiro atoms. The Labute approximate surface area is 92.8 Å². The molecule has 0 aromatic carbocycles. The van der Waals surface area contributed by atoms with Crippen molar-refractivity contribution < 1.29 is 4.79 Å². The van der Waals surface area contributed by atoms with Crippen molar-refractivity contribution in [3.8, 4) is 0 Å². The third kappa shape index (κ3) is 1.58. The summed E-state index contributed by atoms with van der Waals surface area (Å²) >= 11 is 0. The van der Waals surface area contributed by atoms with Gasteiger partial charge in [0.2, 0.25) is 5.91 Å². The predicted molar refractivity (Wildman–Crippen MR) is 61.5 cm³/mol. The number of carbonyl (C=O) groups excluding carboxylic acids is 1. The fourth-order valence-corrected chi connectivity index (χ4v) is 3.21. The molecule has 0 unspecified atom stereocenters. The number of rotatable bonds is 2. The standard InChI is InChI=1S/C13H23NO/c1-12(2)10(13(12,3)4)11(15)14-9-7-5-6-8-9/h9-10H,5-8H2,1-4H3,(H,14,15). The molecule has 1 N–H and O–H groups in total. The lowest BCUT2D eigenvalue weighted by Crippen LogP contribution is -2.35. The molecule has 2 heteroatoms. The first-order chi connectivity index (χ1) is 6.87. The van der Waals surface area contributed by atoms with Crippen molar-refractivity contribution >= 4 is 5.91 Å². The van der Waals surface area contributed by atoms with Gasteiger partial charge in [-0.25, -0.2) is 0 Å². The Morgan fingerprint density at radius 2 is 1.53 bits per heavy atom. The smallest absolute Gasteiger partial charge is 0.224 e. The van der Waals surface area contributed by atoms with Crippen LogP contribution in [0.25, 0.3) is 0 Å². The lowest BCUT2D eigenvalue weighted by Gasteiger charge is -2.12. The van der Waals surface area contributed by atoms with E-state index >= 15 is 0 Å². The van der Waals surface area contributed by atoms with Crippen LogP contribution in [0.3, 0.4) is 0 Å². The fourth-order valence-electron chi connectivity index (χ4n) is 3.21. The molecule has 2 fully saturated rings. The minimum absolute atomic E-state index is 0.176. The van der Waals surface area contributed by atoms with Crippen LogP contribution in [0, 0.1) is 16.7 Å². The second kappa shape index (κ2) is 3.23. The fraction of sp³-hybridized carbons (Fsp3) is 0.923. The summed E-state index contributed by atoms with van der Waals surface area (Å²) in [7, 11) is 0. The monoisotopic (exact) mass is 209 g/mol. The number of nitrogens with one attached hydrogen (secondary N) is 1. The van der Waals surface area contributed by atoms with Crippen LogP contribution in [0.2, 0.25) is 0 Å². The van der Waals surface area contributed by atoms with E-state index in [0.717, 1.165) is 0 Å². The molecule has 0 radical (unpaired) electrons. The van der Waals surface area contributed by atoms with Crippen LogP contribution in [0.1, 0.15) is 53.4 Å². The topological polar surface area (TPSA) is 29.1 Å². The van der Waals surface area contributed by atoms with Crippen molar-refractivity contribution in [2.24, 2.45) is 16.7 Å². The predicted octanol–water partition coefficient (Wildman–Crippen LogP) is 2.73. The van der Waals surface area contributed by atoms with Crippen LogP contribution in [0.4, 0.5) is 0 Å². The van der Waals surface area contributed by atoms with Gasteiger partial charge in [-0.1, -0.05) is 40.5 Å². The highest BCUT2D eigenvalue weighted by molar-refractivity contribution is 5.84. The van der Waals surface area contributed by atoms with Crippen molar-refractivity contribution in [1.29, 1.82) is 0 Å². The van der Waals surface area contributed by atoms with Crippen LogP contribution in [-0.4, -0.2) is 11.9 Å². The van der Waals surface area contributed by atoms with Gasteiger partial charge in [0.25, 0.3) is 0 Å². The van der Waals surface area contributed by atoms with E-state index in [9.17, 15) is 4.79 Å². The summed E-state index contributed by atoms with van der Waals surface area (Å²) in [6.07, 6.45) is 4.92. The molecule has 2 nitrogen and oxygen atoms in total. The highest BCUT2D eigenvalue weighted by atomic mass is 16.2. The van der Waals surface area contributed by atoms with Gasteiger partial charge in [0.15, 0.2) is 0 Å². The highest BCUT2D eigenvalue weighted by Gasteiger charge is 2.68. The lowest BCUT2D eigenvalue weighted by molar-refractivity contribution is -0.124. The van der Waals surface area contributed by atoms with Crippen LogP contribution < -0.4 is 5.32 Å². The Hall–Kier alpha value is -0.530. The quantitative estimate of drug-likeness (QED) is 0.744. The van der Waals surface area contributed by atoms with E-state index < -0.39 is 0 Å². The summed E-state index contributed by atoms with van der Waals surface area (Å²) in [5.74, 6) is 0.502. The van der Waals surface area contributed by atoms with Gasteiger partial charge in [-0.3, -0.25) is 4.79 Å². The molecule has 0 saturated heterocycles. The summed E-state index contributed by atoms with van der Waals surface area (Å²) in [4.78, 5) is 12.1. The zero-order chi connectivity index (χ0) is 11.3. The minimum Gasteiger partial charge on any atom is -0.353 e. The summed E-state index contributed by atoms with van der Waals surface area (Å²) in [6, 6.07) is 0.463. The van der Waals surface area contributed by atoms with Crippen LogP contribution in [-0.2, 0) is 4.79 Å². The van der Waals surface area contributed by atoms with Crippen molar-refractivity contribution in [3.05, 3.63) is 0 Å². The normalized spacial score (nSPS) is 29.1. The van der Waals surface area contributed by atoms with E-state index in [1.807, 2.05) is 0 Å². The third-order valence-electron chi connectivity index (χ3n) is 4.98. The second-order valence-electron chi connectivity index (χ2n) is 6.37. The average Bonchev–Trinajstić information content (AvgIpc) is 2.53. The maximum absolute atomic E-state index is 12.1. The van der Waals surface area contributed by atoms with E-state index in [0.29, 0.717) is 6.04 Å². The minimum atomic E-state index is 0.176. The Morgan fingerprint density at radius 1 is 1.07 bits per heavy atom. The zero-order valence-electron chi connectivity index (χ0n) is 10.4. The molecule has 0 aliphatic heterocycles. The lowest BCUT2D eigenvalue weighted by atomic mass is 10.0. The SMILES string of the molecule is CC1(C)C(C(=O)NC2CCCC2)C1(C)C. The molecule has 0 bridgehead atoms. The molecule has 2 saturated carbocycles. The van der Waals surface area contributed by atoms with E-state index in [4.69, 9.17) is 0 Å². The number of carbonyl (C=O) groups is 1. The summed E-state index contributed by atoms with van der Waals surface area (Å²) in [6.45, 7) is 8.80. The van der Waals surface area contributed by atoms with Crippen LogP contribution in [0.5, 0.6) is 0 Å². The van der Waals surface area contributed by atoms with Gasteiger partial charge in [-0.05, 0) is 23.7 Å². The number of amides is 1. The van der Waals surface area contributed by atoms with Crippen molar-refractivity contribution in [2.45, 2.75) is 59.4 Å². The Bertz CT molecular complexity index is 260. The van der Waals surface area contributed by atoms with E-state index in [1.54, 1.807) is 0 Å². The Kier molecular flexibility index (Phi) is 2.36. The van der Waals surface area contributed by atoms with Crippen molar-refractivity contribution in [1.82, 2.24) is 5.32 Å². The first kappa shape index (κ1) is 11.0. The molecule has 0 aromatic rings. The van der Waals surface area contributed by atoms with Gasteiger partial charge in [-0.15, -0.1) is 0 Å². The average molecular weight is 209 g/mol. The van der Waals surface area contributed by atoms with Crippen molar-refractivity contribution in [2.75, 3.05) is 0 Å². The Morgan fingerprint density at radius 3 is 1.93 bits per heavy atom. The summed E-state index contributed by atoms with van der Waals surface area (Å²) < 4.78 is 0. The molecule has 1 amide bonds. The highest BCUT2D eigenvalue weighted by Crippen LogP contribution is 2.68. The van der Waals surface area contributed by atoms with Crippen LogP contribution >= 0.6 is 0 Å². The van der Waals surface area contributed by atoms with Gasteiger partial charge in [-0.2, -0.15) is 0 Å². The van der Waals surface area contributed by atoms with E-state index in [2.05, 4.69) is 33.0 Å². The molecular formula is C13H23NO. The van der Waals surface area contributed by atoms with Gasteiger partial charge < -0.3 is 5.32 Å². The molecule has 0 atom stereocenters. The first-order valence-corrected chi connectivity index (χ1v) is 6.18.